The van der Waals surface area contributed by atoms with Crippen molar-refractivity contribution in [2.75, 3.05) is 5.32 Å². The van der Waals surface area contributed by atoms with E-state index < -0.39 is 11.7 Å². The molecule has 150 valence electrons. The highest BCUT2D eigenvalue weighted by molar-refractivity contribution is 7.80. The Hall–Kier alpha value is -3.29. The summed E-state index contributed by atoms with van der Waals surface area (Å²) in [6.07, 6.45) is 0. The number of fused-ring (bicyclic) bond motifs is 1. The van der Waals surface area contributed by atoms with Gasteiger partial charge in [-0.3, -0.25) is 10.1 Å². The molecule has 0 fully saturated rings. The van der Waals surface area contributed by atoms with Gasteiger partial charge in [-0.05, 0) is 73.2 Å². The molecule has 30 heavy (non-hydrogen) atoms. The minimum atomic E-state index is -0.539. The summed E-state index contributed by atoms with van der Waals surface area (Å²) < 4.78 is 19.0. The van der Waals surface area contributed by atoms with Gasteiger partial charge in [0.25, 0.3) is 5.91 Å². The largest absolute Gasteiger partial charge is 0.436 e. The summed E-state index contributed by atoms with van der Waals surface area (Å²) in [6.45, 7) is 1.99. The molecule has 0 aliphatic carbocycles. The Morgan fingerprint density at radius 3 is 2.77 bits per heavy atom. The summed E-state index contributed by atoms with van der Waals surface area (Å²) in [4.78, 5) is 16.8. The topological polar surface area (TPSA) is 67.2 Å². The zero-order valence-corrected chi connectivity index (χ0v) is 17.3. The van der Waals surface area contributed by atoms with Gasteiger partial charge in [0.05, 0.1) is 10.6 Å². The number of thiocarbonyl (C=S) groups is 1. The molecule has 0 saturated heterocycles. The van der Waals surface area contributed by atoms with E-state index in [4.69, 9.17) is 28.2 Å². The van der Waals surface area contributed by atoms with Crippen molar-refractivity contribution in [3.05, 3.63) is 82.6 Å². The lowest BCUT2D eigenvalue weighted by molar-refractivity contribution is 0.0978. The van der Waals surface area contributed by atoms with Crippen molar-refractivity contribution in [3.63, 3.8) is 0 Å². The van der Waals surface area contributed by atoms with Crippen LogP contribution < -0.4 is 10.6 Å². The summed E-state index contributed by atoms with van der Waals surface area (Å²) in [6, 6.07) is 16.6. The van der Waals surface area contributed by atoms with Crippen LogP contribution in [0.15, 0.2) is 65.1 Å². The van der Waals surface area contributed by atoms with Crippen LogP contribution in [0.5, 0.6) is 0 Å². The van der Waals surface area contributed by atoms with Gasteiger partial charge in [0, 0.05) is 11.3 Å². The molecule has 0 radical (unpaired) electrons. The Bertz CT molecular complexity index is 1290. The highest BCUT2D eigenvalue weighted by Gasteiger charge is 2.13. The third kappa shape index (κ3) is 4.32. The van der Waals surface area contributed by atoms with Gasteiger partial charge >= 0.3 is 0 Å². The predicted octanol–water partition coefficient (Wildman–Crippen LogP) is 5.72. The number of halogens is 2. The number of anilines is 1. The smallest absolute Gasteiger partial charge is 0.258 e. The van der Waals surface area contributed by atoms with E-state index in [1.165, 1.54) is 6.07 Å². The lowest BCUT2D eigenvalue weighted by atomic mass is 10.2. The third-order valence-corrected chi connectivity index (χ3v) is 4.83. The zero-order chi connectivity index (χ0) is 21.3. The Morgan fingerprint density at radius 1 is 1.13 bits per heavy atom. The van der Waals surface area contributed by atoms with Crippen molar-refractivity contribution >= 4 is 51.6 Å². The first kappa shape index (κ1) is 20.0. The average molecular weight is 440 g/mol. The number of oxazole rings is 1. The Balaban J connectivity index is 1.49. The van der Waals surface area contributed by atoms with Gasteiger partial charge < -0.3 is 9.73 Å². The maximum atomic E-state index is 13.2. The van der Waals surface area contributed by atoms with Crippen molar-refractivity contribution in [1.82, 2.24) is 10.3 Å². The van der Waals surface area contributed by atoms with Crippen molar-refractivity contribution < 1.29 is 13.6 Å². The summed E-state index contributed by atoms with van der Waals surface area (Å²) in [5.41, 5.74) is 4.10. The number of carbonyl (C=O) groups is 1. The SMILES string of the molecule is Cc1ccc2oc(-c3cccc(NC(=S)NC(=O)c4ccc(F)cc4Cl)c3)nc2c1. The number of nitrogens with zero attached hydrogens (tertiary/aromatic N) is 1. The fourth-order valence-electron chi connectivity index (χ4n) is 2.90. The number of hydrogen-bond acceptors (Lipinski definition) is 4. The number of nitrogens with one attached hydrogen (secondary N) is 2. The standard InChI is InChI=1S/C22H15ClFN3O2S/c1-12-5-8-19-18(9-12)26-21(29-19)13-3-2-4-15(10-13)25-22(30)27-20(28)16-7-6-14(24)11-17(16)23/h2-11H,1H3,(H2,25,27,28,30). The monoisotopic (exact) mass is 439 g/mol. The lowest BCUT2D eigenvalue weighted by Gasteiger charge is -2.11. The zero-order valence-electron chi connectivity index (χ0n) is 15.7. The molecule has 0 atom stereocenters. The molecule has 0 bridgehead atoms. The van der Waals surface area contributed by atoms with E-state index in [2.05, 4.69) is 15.6 Å². The minimum absolute atomic E-state index is 0.00324. The van der Waals surface area contributed by atoms with Gasteiger partial charge in [0.15, 0.2) is 10.7 Å². The van der Waals surface area contributed by atoms with Crippen LogP contribution in [0.1, 0.15) is 15.9 Å². The summed E-state index contributed by atoms with van der Waals surface area (Å²) in [7, 11) is 0. The van der Waals surface area contributed by atoms with Crippen molar-refractivity contribution in [1.29, 1.82) is 0 Å². The molecule has 0 aliphatic rings. The second-order valence-electron chi connectivity index (χ2n) is 6.60. The second-order valence-corrected chi connectivity index (χ2v) is 7.42. The summed E-state index contributed by atoms with van der Waals surface area (Å²) in [5.74, 6) is -0.585. The van der Waals surface area contributed by atoms with Gasteiger partial charge in [-0.25, -0.2) is 9.37 Å². The lowest BCUT2D eigenvalue weighted by Crippen LogP contribution is -2.34. The van der Waals surface area contributed by atoms with Gasteiger partial charge in [-0.1, -0.05) is 23.7 Å². The Morgan fingerprint density at radius 2 is 1.97 bits per heavy atom. The third-order valence-electron chi connectivity index (χ3n) is 4.31. The number of amides is 1. The van der Waals surface area contributed by atoms with E-state index in [0.29, 0.717) is 17.2 Å². The van der Waals surface area contributed by atoms with Crippen LogP contribution in [0.3, 0.4) is 0 Å². The van der Waals surface area contributed by atoms with E-state index >= 15 is 0 Å². The van der Waals surface area contributed by atoms with E-state index in [-0.39, 0.29) is 15.7 Å². The Labute approximate surface area is 181 Å². The van der Waals surface area contributed by atoms with Gasteiger partial charge in [0.2, 0.25) is 5.89 Å². The first-order valence-electron chi connectivity index (χ1n) is 8.94. The molecule has 5 nitrogen and oxygen atoms in total. The van der Waals surface area contributed by atoms with Crippen molar-refractivity contribution in [2.24, 2.45) is 0 Å². The van der Waals surface area contributed by atoms with Crippen molar-refractivity contribution in [2.45, 2.75) is 6.92 Å². The first-order chi connectivity index (χ1) is 14.4. The maximum absolute atomic E-state index is 13.2. The highest BCUT2D eigenvalue weighted by Crippen LogP contribution is 2.26. The number of aromatic nitrogens is 1. The van der Waals surface area contributed by atoms with Gasteiger partial charge in [0.1, 0.15) is 11.3 Å². The van der Waals surface area contributed by atoms with Crippen LogP contribution in [-0.2, 0) is 0 Å². The van der Waals surface area contributed by atoms with Crippen LogP contribution in [0.2, 0.25) is 5.02 Å². The van der Waals surface area contributed by atoms with Gasteiger partial charge in [-0.2, -0.15) is 0 Å². The second kappa shape index (κ2) is 8.22. The molecule has 8 heteroatoms. The predicted molar refractivity (Wildman–Crippen MR) is 119 cm³/mol. The molecule has 1 aromatic heterocycles. The number of rotatable bonds is 3. The van der Waals surface area contributed by atoms with E-state index in [9.17, 15) is 9.18 Å². The molecule has 0 unspecified atom stereocenters. The number of aryl methyl sites for hydroxylation is 1. The molecule has 1 heterocycles. The quantitative estimate of drug-likeness (QED) is 0.399. The number of hydrogen-bond donors (Lipinski definition) is 2. The molecular formula is C22H15ClFN3O2S. The normalized spacial score (nSPS) is 10.8. The van der Waals surface area contributed by atoms with E-state index in [0.717, 1.165) is 28.8 Å². The molecule has 0 aliphatic heterocycles. The minimum Gasteiger partial charge on any atom is -0.436 e. The number of benzene rings is 3. The molecule has 0 spiro atoms. The maximum Gasteiger partial charge on any atom is 0.258 e. The molecule has 0 saturated carbocycles. The fourth-order valence-corrected chi connectivity index (χ4v) is 3.36. The van der Waals surface area contributed by atoms with Gasteiger partial charge in [-0.15, -0.1) is 0 Å². The molecule has 4 aromatic rings. The molecule has 1 amide bonds. The molecule has 3 aromatic carbocycles. The summed E-state index contributed by atoms with van der Waals surface area (Å²) in [5, 5.41) is 5.54. The first-order valence-corrected chi connectivity index (χ1v) is 9.73. The van der Waals surface area contributed by atoms with Crippen molar-refractivity contribution in [3.8, 4) is 11.5 Å². The van der Waals surface area contributed by atoms with Crippen LogP contribution in [0.4, 0.5) is 10.1 Å². The average Bonchev–Trinajstić information content (AvgIpc) is 3.11. The number of carbonyl (C=O) groups excluding carboxylic acids is 1. The van der Waals surface area contributed by atoms with Crippen LogP contribution in [-0.4, -0.2) is 16.0 Å². The fraction of sp³-hybridized carbons (Fsp3) is 0.0455. The molecule has 2 N–H and O–H groups in total. The van der Waals surface area contributed by atoms with Crippen LogP contribution >= 0.6 is 23.8 Å². The van der Waals surface area contributed by atoms with Crippen LogP contribution in [0.25, 0.3) is 22.6 Å². The molecule has 4 rings (SSSR count). The van der Waals surface area contributed by atoms with E-state index in [1.54, 1.807) is 12.1 Å². The molecular weight excluding hydrogens is 425 g/mol. The summed E-state index contributed by atoms with van der Waals surface area (Å²) >= 11 is 11.1. The highest BCUT2D eigenvalue weighted by atomic mass is 35.5. The Kier molecular flexibility index (Phi) is 5.48. The van der Waals surface area contributed by atoms with Crippen LogP contribution in [0, 0.1) is 12.7 Å². The van der Waals surface area contributed by atoms with E-state index in [1.807, 2.05) is 37.3 Å².